The van der Waals surface area contributed by atoms with E-state index in [4.69, 9.17) is 4.74 Å². The van der Waals surface area contributed by atoms with Crippen molar-refractivity contribution in [3.8, 4) is 0 Å². The van der Waals surface area contributed by atoms with Crippen LogP contribution in [0.25, 0.3) is 0 Å². The minimum atomic E-state index is -0.547. The monoisotopic (exact) mass is 264 g/mol. The minimum absolute atomic E-state index is 0.158. The second-order valence-corrected chi connectivity index (χ2v) is 3.77. The van der Waals surface area contributed by atoms with Gasteiger partial charge in [-0.15, -0.1) is 0 Å². The van der Waals surface area contributed by atoms with Crippen LogP contribution in [0.4, 0.5) is 0 Å². The number of carbonyl (C=O) groups excluding carboxylic acids is 3. The standard InChI is InChI=1S/C13H16N2O4/c1-14-11(16)7-12(17)15-8-13(18)19-9-10-5-3-2-4-6-10/h2-6H,7-9H2,1H3,(H,14,16)(H,15,17). The van der Waals surface area contributed by atoms with E-state index in [0.29, 0.717) is 0 Å². The molecule has 1 aromatic rings. The van der Waals surface area contributed by atoms with Gasteiger partial charge in [-0.2, -0.15) is 0 Å². The van der Waals surface area contributed by atoms with E-state index >= 15 is 0 Å². The van der Waals surface area contributed by atoms with Crippen LogP contribution in [-0.2, 0) is 25.7 Å². The Hall–Kier alpha value is -2.37. The summed E-state index contributed by atoms with van der Waals surface area (Å²) in [5, 5.41) is 4.62. The topological polar surface area (TPSA) is 84.5 Å². The van der Waals surface area contributed by atoms with Gasteiger partial charge < -0.3 is 15.4 Å². The molecule has 0 heterocycles. The van der Waals surface area contributed by atoms with Crippen LogP contribution in [0.3, 0.4) is 0 Å². The predicted molar refractivity (Wildman–Crippen MR) is 67.9 cm³/mol. The molecular weight excluding hydrogens is 248 g/mol. The first kappa shape index (κ1) is 14.7. The molecule has 0 spiro atoms. The summed E-state index contributed by atoms with van der Waals surface area (Å²) in [4.78, 5) is 33.4. The molecule has 0 saturated carbocycles. The van der Waals surface area contributed by atoms with Gasteiger partial charge in [0.05, 0.1) is 0 Å². The van der Waals surface area contributed by atoms with Crippen molar-refractivity contribution in [1.82, 2.24) is 10.6 Å². The summed E-state index contributed by atoms with van der Waals surface area (Å²) in [5.41, 5.74) is 0.868. The van der Waals surface area contributed by atoms with Crippen LogP contribution in [0.1, 0.15) is 12.0 Å². The number of benzene rings is 1. The Bertz CT molecular complexity index is 445. The van der Waals surface area contributed by atoms with Gasteiger partial charge in [0, 0.05) is 7.05 Å². The molecule has 0 unspecified atom stereocenters. The molecule has 0 aliphatic rings. The second-order valence-electron chi connectivity index (χ2n) is 3.77. The van der Waals surface area contributed by atoms with Gasteiger partial charge in [-0.05, 0) is 5.56 Å². The van der Waals surface area contributed by atoms with E-state index in [1.165, 1.54) is 7.05 Å². The highest BCUT2D eigenvalue weighted by Gasteiger charge is 2.10. The molecule has 0 aliphatic heterocycles. The van der Waals surface area contributed by atoms with E-state index in [9.17, 15) is 14.4 Å². The number of hydrogen-bond acceptors (Lipinski definition) is 4. The number of esters is 1. The molecule has 0 radical (unpaired) electrons. The summed E-state index contributed by atoms with van der Waals surface area (Å²) in [7, 11) is 1.43. The number of hydrogen-bond donors (Lipinski definition) is 2. The molecule has 1 aromatic carbocycles. The number of ether oxygens (including phenoxy) is 1. The molecule has 0 saturated heterocycles. The molecule has 1 rings (SSSR count). The lowest BCUT2D eigenvalue weighted by molar-refractivity contribution is -0.145. The lowest BCUT2D eigenvalue weighted by atomic mass is 10.2. The third-order valence-electron chi connectivity index (χ3n) is 2.27. The molecule has 0 fully saturated rings. The van der Waals surface area contributed by atoms with Crippen LogP contribution < -0.4 is 10.6 Å². The molecule has 6 nitrogen and oxygen atoms in total. The molecule has 0 atom stereocenters. The maximum absolute atomic E-state index is 11.3. The van der Waals surface area contributed by atoms with Crippen LogP contribution in [-0.4, -0.2) is 31.4 Å². The van der Waals surface area contributed by atoms with Crippen LogP contribution in [0.2, 0.25) is 0 Å². The highest BCUT2D eigenvalue weighted by Crippen LogP contribution is 2.00. The Labute approximate surface area is 111 Å². The first-order valence-corrected chi connectivity index (χ1v) is 5.78. The molecule has 6 heteroatoms. The molecule has 0 bridgehead atoms. The third-order valence-corrected chi connectivity index (χ3v) is 2.27. The summed E-state index contributed by atoms with van der Waals surface area (Å²) >= 11 is 0. The Morgan fingerprint density at radius 1 is 1.11 bits per heavy atom. The zero-order valence-corrected chi connectivity index (χ0v) is 10.6. The van der Waals surface area contributed by atoms with Crippen molar-refractivity contribution in [2.45, 2.75) is 13.0 Å². The first-order valence-electron chi connectivity index (χ1n) is 5.78. The van der Waals surface area contributed by atoms with E-state index in [1.807, 2.05) is 30.3 Å². The summed E-state index contributed by atoms with van der Waals surface area (Å²) in [6.45, 7) is -0.0896. The van der Waals surface area contributed by atoms with Crippen LogP contribution in [0.5, 0.6) is 0 Å². The van der Waals surface area contributed by atoms with Crippen molar-refractivity contribution in [3.05, 3.63) is 35.9 Å². The van der Waals surface area contributed by atoms with Gasteiger partial charge in [-0.3, -0.25) is 14.4 Å². The van der Waals surface area contributed by atoms with E-state index in [-0.39, 0.29) is 19.6 Å². The van der Waals surface area contributed by atoms with Gasteiger partial charge in [-0.25, -0.2) is 0 Å². The molecule has 102 valence electrons. The number of carbonyl (C=O) groups is 3. The highest BCUT2D eigenvalue weighted by molar-refractivity contribution is 5.97. The fraction of sp³-hybridized carbons (Fsp3) is 0.308. The van der Waals surface area contributed by atoms with Crippen LogP contribution in [0, 0.1) is 0 Å². The Balaban J connectivity index is 2.21. The maximum Gasteiger partial charge on any atom is 0.325 e. The fourth-order valence-corrected chi connectivity index (χ4v) is 1.26. The van der Waals surface area contributed by atoms with Crippen LogP contribution in [0.15, 0.2) is 30.3 Å². The summed E-state index contributed by atoms with van der Waals surface area (Å²) in [6, 6.07) is 9.21. The number of amides is 2. The maximum atomic E-state index is 11.3. The average Bonchev–Trinajstić information content (AvgIpc) is 2.43. The first-order chi connectivity index (χ1) is 9.11. The Morgan fingerprint density at radius 3 is 2.42 bits per heavy atom. The molecule has 0 aromatic heterocycles. The predicted octanol–water partition coefficient (Wildman–Crippen LogP) is -0.0179. The van der Waals surface area contributed by atoms with Crippen molar-refractivity contribution < 1.29 is 19.1 Å². The van der Waals surface area contributed by atoms with Crippen molar-refractivity contribution in [2.75, 3.05) is 13.6 Å². The SMILES string of the molecule is CNC(=O)CC(=O)NCC(=O)OCc1ccccc1. The normalized spacial score (nSPS) is 9.53. The number of rotatable bonds is 6. The van der Waals surface area contributed by atoms with E-state index in [0.717, 1.165) is 5.56 Å². The van der Waals surface area contributed by atoms with Crippen molar-refractivity contribution in [2.24, 2.45) is 0 Å². The smallest absolute Gasteiger partial charge is 0.325 e. The average molecular weight is 264 g/mol. The Kier molecular flexibility index (Phi) is 6.08. The highest BCUT2D eigenvalue weighted by atomic mass is 16.5. The van der Waals surface area contributed by atoms with Crippen LogP contribution >= 0.6 is 0 Å². The summed E-state index contributed by atoms with van der Waals surface area (Å²) < 4.78 is 4.96. The number of nitrogens with one attached hydrogen (secondary N) is 2. The second kappa shape index (κ2) is 7.86. The van der Waals surface area contributed by atoms with E-state index < -0.39 is 17.8 Å². The van der Waals surface area contributed by atoms with Gasteiger partial charge in [0.15, 0.2) is 0 Å². The third kappa shape index (κ3) is 6.21. The zero-order chi connectivity index (χ0) is 14.1. The van der Waals surface area contributed by atoms with Gasteiger partial charge in [0.2, 0.25) is 11.8 Å². The summed E-state index contributed by atoms with van der Waals surface area (Å²) in [5.74, 6) is -1.47. The molecule has 19 heavy (non-hydrogen) atoms. The molecule has 2 N–H and O–H groups in total. The quantitative estimate of drug-likeness (QED) is 0.558. The van der Waals surface area contributed by atoms with Gasteiger partial charge in [0.25, 0.3) is 0 Å². The van der Waals surface area contributed by atoms with Crippen molar-refractivity contribution in [1.29, 1.82) is 0 Å². The lowest BCUT2D eigenvalue weighted by Crippen LogP contribution is -2.34. The van der Waals surface area contributed by atoms with Crippen molar-refractivity contribution in [3.63, 3.8) is 0 Å². The van der Waals surface area contributed by atoms with Crippen molar-refractivity contribution >= 4 is 17.8 Å². The van der Waals surface area contributed by atoms with Gasteiger partial charge in [-0.1, -0.05) is 30.3 Å². The molecular formula is C13H16N2O4. The fourth-order valence-electron chi connectivity index (χ4n) is 1.26. The molecule has 2 amide bonds. The zero-order valence-electron chi connectivity index (χ0n) is 10.6. The van der Waals surface area contributed by atoms with E-state index in [2.05, 4.69) is 10.6 Å². The van der Waals surface area contributed by atoms with Gasteiger partial charge in [0.1, 0.15) is 19.6 Å². The minimum Gasteiger partial charge on any atom is -0.460 e. The van der Waals surface area contributed by atoms with E-state index in [1.54, 1.807) is 0 Å². The Morgan fingerprint density at radius 2 is 1.79 bits per heavy atom. The summed E-state index contributed by atoms with van der Waals surface area (Å²) in [6.07, 6.45) is -0.303. The lowest BCUT2D eigenvalue weighted by Gasteiger charge is -2.06. The largest absolute Gasteiger partial charge is 0.460 e. The molecule has 0 aliphatic carbocycles. The van der Waals surface area contributed by atoms with Gasteiger partial charge >= 0.3 is 5.97 Å².